The van der Waals surface area contributed by atoms with Crippen molar-refractivity contribution in [2.45, 2.75) is 25.0 Å². The van der Waals surface area contributed by atoms with Crippen molar-refractivity contribution in [1.29, 1.82) is 0 Å². The van der Waals surface area contributed by atoms with Crippen LogP contribution in [0, 0.1) is 0 Å². The average Bonchev–Trinajstić information content (AvgIpc) is 2.76. The van der Waals surface area contributed by atoms with E-state index in [1.807, 2.05) is 30.1 Å². The molecule has 6 heteroatoms. The van der Waals surface area contributed by atoms with Crippen molar-refractivity contribution < 1.29 is 9.53 Å². The fourth-order valence-corrected chi connectivity index (χ4v) is 3.38. The summed E-state index contributed by atoms with van der Waals surface area (Å²) in [5, 5.41) is 3.80. The molecule has 0 spiro atoms. The first-order chi connectivity index (χ1) is 10.1. The number of likely N-dealkylation sites (N-methyl/N-ethyl adjacent to an activating group) is 1. The van der Waals surface area contributed by atoms with Gasteiger partial charge in [-0.05, 0) is 30.2 Å². The molecule has 2 saturated heterocycles. The van der Waals surface area contributed by atoms with Crippen LogP contribution in [0.3, 0.4) is 0 Å². The quantitative estimate of drug-likeness (QED) is 0.928. The zero-order chi connectivity index (χ0) is 15.0. The van der Waals surface area contributed by atoms with Gasteiger partial charge in [0.1, 0.15) is 5.75 Å². The first-order valence-corrected chi connectivity index (χ1v) is 7.54. The number of hydrogen-bond donors (Lipinski definition) is 1. The number of urea groups is 1. The molecule has 5 nitrogen and oxygen atoms in total. The lowest BCUT2D eigenvalue weighted by atomic mass is 9.99. The molecule has 0 saturated carbocycles. The Kier molecular flexibility index (Phi) is 3.95. The zero-order valence-corrected chi connectivity index (χ0v) is 13.1. The van der Waals surface area contributed by atoms with E-state index in [0.29, 0.717) is 6.04 Å². The van der Waals surface area contributed by atoms with Gasteiger partial charge in [-0.2, -0.15) is 0 Å². The predicted molar refractivity (Wildman–Crippen MR) is 81.8 cm³/mol. The Bertz CT molecular complexity index is 552. The van der Waals surface area contributed by atoms with E-state index in [9.17, 15) is 4.79 Å². The molecule has 2 fully saturated rings. The Hall–Kier alpha value is -1.46. The third-order valence-electron chi connectivity index (χ3n) is 4.43. The molecule has 21 heavy (non-hydrogen) atoms. The van der Waals surface area contributed by atoms with Crippen LogP contribution < -0.4 is 10.1 Å². The predicted octanol–water partition coefficient (Wildman–Crippen LogP) is 1.95. The standard InChI is InChI=1S/C15H20ClN3O2/c1-18-14-5-6-19(9-13(14)17-15(18)20)8-10-7-11(21-2)3-4-12(10)16/h3-4,7,13-14H,5-6,8-9H2,1-2H3,(H,17,20)/t13-,14+/m1/s1. The molecule has 0 bridgehead atoms. The summed E-state index contributed by atoms with van der Waals surface area (Å²) in [4.78, 5) is 15.9. The summed E-state index contributed by atoms with van der Waals surface area (Å²) in [6.45, 7) is 2.60. The highest BCUT2D eigenvalue weighted by molar-refractivity contribution is 6.31. The number of likely N-dealkylation sites (tertiary alicyclic amines) is 1. The van der Waals surface area contributed by atoms with Crippen LogP contribution in [0.4, 0.5) is 4.79 Å². The molecular formula is C15H20ClN3O2. The molecule has 2 heterocycles. The van der Waals surface area contributed by atoms with Gasteiger partial charge in [0.05, 0.1) is 19.2 Å². The number of halogens is 1. The van der Waals surface area contributed by atoms with Crippen LogP contribution in [-0.4, -0.2) is 55.2 Å². The number of ether oxygens (including phenoxy) is 1. The normalized spacial score (nSPS) is 25.7. The van der Waals surface area contributed by atoms with Crippen molar-refractivity contribution in [3.05, 3.63) is 28.8 Å². The van der Waals surface area contributed by atoms with Crippen molar-refractivity contribution in [3.8, 4) is 5.75 Å². The van der Waals surface area contributed by atoms with Crippen LogP contribution in [0.2, 0.25) is 5.02 Å². The Morgan fingerprint density at radius 3 is 3.05 bits per heavy atom. The maximum Gasteiger partial charge on any atom is 0.317 e. The van der Waals surface area contributed by atoms with E-state index in [-0.39, 0.29) is 12.1 Å². The van der Waals surface area contributed by atoms with Crippen molar-refractivity contribution in [3.63, 3.8) is 0 Å². The molecule has 2 aliphatic heterocycles. The molecule has 0 unspecified atom stereocenters. The minimum atomic E-state index is 0.0336. The summed E-state index contributed by atoms with van der Waals surface area (Å²) in [5.41, 5.74) is 1.06. The number of nitrogens with zero attached hydrogens (tertiary/aromatic N) is 2. The Morgan fingerprint density at radius 2 is 2.29 bits per heavy atom. The van der Waals surface area contributed by atoms with Crippen LogP contribution >= 0.6 is 11.6 Å². The number of methoxy groups -OCH3 is 1. The van der Waals surface area contributed by atoms with E-state index < -0.39 is 0 Å². The first-order valence-electron chi connectivity index (χ1n) is 7.16. The number of hydrogen-bond acceptors (Lipinski definition) is 3. The number of amides is 2. The Morgan fingerprint density at radius 1 is 1.48 bits per heavy atom. The van der Waals surface area contributed by atoms with Crippen molar-refractivity contribution in [2.75, 3.05) is 27.2 Å². The number of carbonyl (C=O) groups is 1. The molecule has 114 valence electrons. The lowest BCUT2D eigenvalue weighted by Crippen LogP contribution is -2.50. The van der Waals surface area contributed by atoms with Gasteiger partial charge < -0.3 is 15.0 Å². The van der Waals surface area contributed by atoms with Gasteiger partial charge in [0.25, 0.3) is 0 Å². The maximum atomic E-state index is 11.7. The topological polar surface area (TPSA) is 44.8 Å². The number of fused-ring (bicyclic) bond motifs is 1. The first kappa shape index (κ1) is 14.5. The van der Waals surface area contributed by atoms with Crippen LogP contribution in [0.5, 0.6) is 5.75 Å². The van der Waals surface area contributed by atoms with E-state index in [4.69, 9.17) is 16.3 Å². The van der Waals surface area contributed by atoms with Crippen LogP contribution in [0.1, 0.15) is 12.0 Å². The van der Waals surface area contributed by atoms with E-state index >= 15 is 0 Å². The lowest BCUT2D eigenvalue weighted by Gasteiger charge is -2.35. The number of piperidine rings is 1. The third kappa shape index (κ3) is 2.80. The molecule has 1 aromatic rings. The summed E-state index contributed by atoms with van der Waals surface area (Å²) in [5.74, 6) is 0.818. The number of benzene rings is 1. The van der Waals surface area contributed by atoms with Gasteiger partial charge in [0.2, 0.25) is 0 Å². The minimum Gasteiger partial charge on any atom is -0.497 e. The van der Waals surface area contributed by atoms with Gasteiger partial charge in [0, 0.05) is 31.7 Å². The van der Waals surface area contributed by atoms with Crippen LogP contribution in [0.25, 0.3) is 0 Å². The molecule has 0 aromatic heterocycles. The van der Waals surface area contributed by atoms with E-state index in [2.05, 4.69) is 10.2 Å². The molecule has 1 N–H and O–H groups in total. The highest BCUT2D eigenvalue weighted by Gasteiger charge is 2.40. The van der Waals surface area contributed by atoms with Gasteiger partial charge in [0.15, 0.2) is 0 Å². The molecule has 2 amide bonds. The lowest BCUT2D eigenvalue weighted by molar-refractivity contribution is 0.147. The fraction of sp³-hybridized carbons (Fsp3) is 0.533. The van der Waals surface area contributed by atoms with Gasteiger partial charge in [-0.3, -0.25) is 4.90 Å². The molecule has 1 aromatic carbocycles. The Balaban J connectivity index is 1.68. The average molecular weight is 310 g/mol. The summed E-state index contributed by atoms with van der Waals surface area (Å²) in [7, 11) is 3.52. The Labute approximate surface area is 129 Å². The van der Waals surface area contributed by atoms with Crippen molar-refractivity contribution in [2.24, 2.45) is 0 Å². The molecular weight excluding hydrogens is 290 g/mol. The van der Waals surface area contributed by atoms with E-state index in [1.54, 1.807) is 7.11 Å². The molecule has 2 atom stereocenters. The maximum absolute atomic E-state index is 11.7. The minimum absolute atomic E-state index is 0.0336. The monoisotopic (exact) mass is 309 g/mol. The van der Waals surface area contributed by atoms with Crippen LogP contribution in [-0.2, 0) is 6.54 Å². The fourth-order valence-electron chi connectivity index (χ4n) is 3.21. The van der Waals surface area contributed by atoms with Gasteiger partial charge >= 0.3 is 6.03 Å². The molecule has 0 aliphatic carbocycles. The second-order valence-corrected chi connectivity index (χ2v) is 6.12. The molecule has 0 radical (unpaired) electrons. The SMILES string of the molecule is COc1ccc(Cl)c(CN2CC[C@H]3[C@@H](C2)NC(=O)N3C)c1. The van der Waals surface area contributed by atoms with Crippen molar-refractivity contribution in [1.82, 2.24) is 15.1 Å². The van der Waals surface area contributed by atoms with Gasteiger partial charge in [-0.25, -0.2) is 4.79 Å². The highest BCUT2D eigenvalue weighted by atomic mass is 35.5. The number of carbonyl (C=O) groups excluding carboxylic acids is 1. The summed E-state index contributed by atoms with van der Waals surface area (Å²) >= 11 is 6.27. The van der Waals surface area contributed by atoms with Crippen molar-refractivity contribution >= 4 is 17.6 Å². The summed E-state index contributed by atoms with van der Waals surface area (Å²) in [6, 6.07) is 6.27. The number of rotatable bonds is 3. The second-order valence-electron chi connectivity index (χ2n) is 5.72. The van der Waals surface area contributed by atoms with E-state index in [1.165, 1.54) is 0 Å². The molecule has 3 rings (SSSR count). The van der Waals surface area contributed by atoms with Crippen LogP contribution in [0.15, 0.2) is 18.2 Å². The summed E-state index contributed by atoms with van der Waals surface area (Å²) < 4.78 is 5.26. The van der Waals surface area contributed by atoms with Gasteiger partial charge in [-0.15, -0.1) is 0 Å². The largest absolute Gasteiger partial charge is 0.497 e. The number of nitrogens with one attached hydrogen (secondary N) is 1. The van der Waals surface area contributed by atoms with E-state index in [0.717, 1.165) is 42.4 Å². The second kappa shape index (κ2) is 5.73. The zero-order valence-electron chi connectivity index (χ0n) is 12.3. The van der Waals surface area contributed by atoms with Gasteiger partial charge in [-0.1, -0.05) is 11.6 Å². The third-order valence-corrected chi connectivity index (χ3v) is 4.80. The molecule has 2 aliphatic rings. The summed E-state index contributed by atoms with van der Waals surface area (Å²) in [6.07, 6.45) is 0.988. The smallest absolute Gasteiger partial charge is 0.317 e. The highest BCUT2D eigenvalue weighted by Crippen LogP contribution is 2.26.